The molecule has 0 aromatic heterocycles. The van der Waals surface area contributed by atoms with Crippen LogP contribution in [-0.2, 0) is 21.1 Å². The van der Waals surface area contributed by atoms with Crippen molar-refractivity contribution in [3.8, 4) is 5.75 Å². The van der Waals surface area contributed by atoms with Crippen LogP contribution in [0.2, 0.25) is 0 Å². The Labute approximate surface area is 132 Å². The largest absolute Gasteiger partial charge is 0.494 e. The molecule has 0 N–H and O–H groups in total. The molecule has 22 heavy (non-hydrogen) atoms. The molecule has 0 aliphatic carbocycles. The van der Waals surface area contributed by atoms with Gasteiger partial charge in [-0.1, -0.05) is 25.1 Å². The Morgan fingerprint density at radius 3 is 2.59 bits per heavy atom. The third-order valence-electron chi connectivity index (χ3n) is 3.99. The minimum absolute atomic E-state index is 0.00820. The Balaban J connectivity index is 1.85. The van der Waals surface area contributed by atoms with Crippen molar-refractivity contribution >= 4 is 15.7 Å². The van der Waals surface area contributed by atoms with Gasteiger partial charge in [0.1, 0.15) is 5.75 Å². The Morgan fingerprint density at radius 2 is 1.95 bits per heavy atom. The lowest BCUT2D eigenvalue weighted by molar-refractivity contribution is -0.134. The van der Waals surface area contributed by atoms with Gasteiger partial charge in [-0.25, -0.2) is 8.42 Å². The Bertz CT molecular complexity index is 621. The maximum absolute atomic E-state index is 12.1. The van der Waals surface area contributed by atoms with E-state index >= 15 is 0 Å². The fraction of sp³-hybridized carbons (Fsp3) is 0.562. The van der Waals surface area contributed by atoms with Gasteiger partial charge < -0.3 is 9.64 Å². The zero-order chi connectivity index (χ0) is 16.2. The molecule has 1 amide bonds. The molecule has 0 atom stereocenters. The number of sulfone groups is 1. The number of nitrogens with zero attached hydrogens (tertiary/aromatic N) is 1. The van der Waals surface area contributed by atoms with Gasteiger partial charge in [0.25, 0.3) is 0 Å². The quantitative estimate of drug-likeness (QED) is 0.765. The first-order valence-electron chi connectivity index (χ1n) is 7.68. The summed E-state index contributed by atoms with van der Waals surface area (Å²) in [6, 6.07) is 7.69. The molecule has 0 bridgehead atoms. The number of carbonyl (C=O) groups excluding carboxylic acids is 1. The van der Waals surface area contributed by atoms with E-state index in [1.807, 2.05) is 31.2 Å². The van der Waals surface area contributed by atoms with Gasteiger partial charge in [0, 0.05) is 25.3 Å². The molecule has 1 aromatic carbocycles. The van der Waals surface area contributed by atoms with Crippen LogP contribution in [0.25, 0.3) is 0 Å². The normalized spacial score (nSPS) is 15.5. The van der Waals surface area contributed by atoms with E-state index in [-0.39, 0.29) is 16.9 Å². The maximum Gasteiger partial charge on any atom is 0.222 e. The Morgan fingerprint density at radius 1 is 1.27 bits per heavy atom. The lowest BCUT2D eigenvalue weighted by atomic mass is 10.1. The van der Waals surface area contributed by atoms with E-state index in [1.165, 1.54) is 0 Å². The summed E-state index contributed by atoms with van der Waals surface area (Å²) in [7, 11) is -3.02. The molecule has 1 heterocycles. The molecule has 122 valence electrons. The number of ether oxygens (including phenoxy) is 1. The number of hydrogen-bond donors (Lipinski definition) is 0. The Hall–Kier alpha value is -1.56. The van der Waals surface area contributed by atoms with Crippen molar-refractivity contribution in [3.05, 3.63) is 29.8 Å². The van der Waals surface area contributed by atoms with Crippen LogP contribution in [0, 0.1) is 0 Å². The molecule has 0 unspecified atom stereocenters. The monoisotopic (exact) mass is 325 g/mol. The third-order valence-corrected chi connectivity index (χ3v) is 6.11. The molecule has 1 aromatic rings. The molecule has 1 aliphatic rings. The van der Waals surface area contributed by atoms with Crippen molar-refractivity contribution in [1.82, 2.24) is 4.90 Å². The van der Waals surface area contributed by atoms with E-state index in [4.69, 9.17) is 4.74 Å². The van der Waals surface area contributed by atoms with E-state index in [0.717, 1.165) is 11.3 Å². The summed E-state index contributed by atoms with van der Waals surface area (Å²) in [4.78, 5) is 13.7. The highest BCUT2D eigenvalue weighted by molar-refractivity contribution is 7.92. The smallest absolute Gasteiger partial charge is 0.222 e. The first-order chi connectivity index (χ1) is 10.5. The van der Waals surface area contributed by atoms with Gasteiger partial charge in [-0.15, -0.1) is 0 Å². The fourth-order valence-corrected chi connectivity index (χ4v) is 3.80. The zero-order valence-corrected chi connectivity index (χ0v) is 13.9. The summed E-state index contributed by atoms with van der Waals surface area (Å²) in [5.74, 6) is 0.961. The minimum Gasteiger partial charge on any atom is -0.494 e. The van der Waals surface area contributed by atoms with Gasteiger partial charge >= 0.3 is 0 Å². The van der Waals surface area contributed by atoms with Crippen LogP contribution in [0.4, 0.5) is 0 Å². The van der Waals surface area contributed by atoms with Crippen molar-refractivity contribution < 1.29 is 17.9 Å². The zero-order valence-electron chi connectivity index (χ0n) is 13.1. The van der Waals surface area contributed by atoms with Crippen LogP contribution in [0.15, 0.2) is 24.3 Å². The summed E-state index contributed by atoms with van der Waals surface area (Å²) in [5.41, 5.74) is 1.01. The summed E-state index contributed by atoms with van der Waals surface area (Å²) in [5, 5.41) is -0.378. The standard InChI is InChI=1S/C16H23NO4S/c1-3-21-15-8-6-5-7-13(15)9-10-16(18)17-11-14(12-17)22(19,20)4-2/h5-8,14H,3-4,9-12H2,1-2H3. The second kappa shape index (κ2) is 7.13. The number of para-hydroxylation sites is 1. The second-order valence-corrected chi connectivity index (χ2v) is 7.98. The molecule has 2 rings (SSSR count). The van der Waals surface area contributed by atoms with Crippen molar-refractivity contribution in [3.63, 3.8) is 0 Å². The highest BCUT2D eigenvalue weighted by Crippen LogP contribution is 2.22. The predicted molar refractivity (Wildman–Crippen MR) is 85.8 cm³/mol. The first kappa shape index (κ1) is 16.8. The summed E-state index contributed by atoms with van der Waals surface area (Å²) in [6.07, 6.45) is 0.986. The molecule has 1 aliphatic heterocycles. The Kier molecular flexibility index (Phi) is 5.45. The molecule has 1 saturated heterocycles. The predicted octanol–water partition coefficient (Wildman–Crippen LogP) is 1.66. The lowest BCUT2D eigenvalue weighted by Gasteiger charge is -2.38. The van der Waals surface area contributed by atoms with Gasteiger partial charge in [-0.3, -0.25) is 4.79 Å². The number of benzene rings is 1. The second-order valence-electron chi connectivity index (χ2n) is 5.41. The fourth-order valence-electron chi connectivity index (χ4n) is 2.51. The number of rotatable bonds is 7. The number of likely N-dealkylation sites (tertiary alicyclic amines) is 1. The first-order valence-corrected chi connectivity index (χ1v) is 9.39. The van der Waals surface area contributed by atoms with Crippen LogP contribution < -0.4 is 4.74 Å². The summed E-state index contributed by atoms with van der Waals surface area (Å²) >= 11 is 0. The average molecular weight is 325 g/mol. The molecule has 0 radical (unpaired) electrons. The van der Waals surface area contributed by atoms with E-state index in [0.29, 0.717) is 32.5 Å². The van der Waals surface area contributed by atoms with Crippen molar-refractivity contribution in [2.45, 2.75) is 31.9 Å². The van der Waals surface area contributed by atoms with Crippen LogP contribution in [0.1, 0.15) is 25.8 Å². The molecule has 1 fully saturated rings. The van der Waals surface area contributed by atoms with Gasteiger partial charge in [-0.05, 0) is 25.0 Å². The van der Waals surface area contributed by atoms with Gasteiger partial charge in [0.05, 0.1) is 11.9 Å². The van der Waals surface area contributed by atoms with E-state index in [2.05, 4.69) is 0 Å². The van der Waals surface area contributed by atoms with Crippen molar-refractivity contribution in [1.29, 1.82) is 0 Å². The van der Waals surface area contributed by atoms with Gasteiger partial charge in [-0.2, -0.15) is 0 Å². The number of carbonyl (C=O) groups is 1. The summed E-state index contributed by atoms with van der Waals surface area (Å²) < 4.78 is 28.9. The maximum atomic E-state index is 12.1. The highest BCUT2D eigenvalue weighted by Gasteiger charge is 2.38. The lowest BCUT2D eigenvalue weighted by Crippen LogP contribution is -2.57. The van der Waals surface area contributed by atoms with Crippen molar-refractivity contribution in [2.75, 3.05) is 25.4 Å². The van der Waals surface area contributed by atoms with Gasteiger partial charge in [0.15, 0.2) is 9.84 Å². The molecule has 0 spiro atoms. The molecule has 6 heteroatoms. The molecular weight excluding hydrogens is 302 g/mol. The number of hydrogen-bond acceptors (Lipinski definition) is 4. The number of amides is 1. The summed E-state index contributed by atoms with van der Waals surface area (Å²) in [6.45, 7) is 4.83. The average Bonchev–Trinajstić information content (AvgIpc) is 2.45. The van der Waals surface area contributed by atoms with Crippen LogP contribution in [0.3, 0.4) is 0 Å². The minimum atomic E-state index is -3.02. The topological polar surface area (TPSA) is 63.7 Å². The van der Waals surface area contributed by atoms with E-state index < -0.39 is 9.84 Å². The third kappa shape index (κ3) is 3.80. The molecule has 5 nitrogen and oxygen atoms in total. The molecule has 0 saturated carbocycles. The van der Waals surface area contributed by atoms with Crippen molar-refractivity contribution in [2.24, 2.45) is 0 Å². The van der Waals surface area contributed by atoms with Gasteiger partial charge in [0.2, 0.25) is 5.91 Å². The van der Waals surface area contributed by atoms with E-state index in [9.17, 15) is 13.2 Å². The molecular formula is C16H23NO4S. The SMILES string of the molecule is CCOc1ccccc1CCC(=O)N1CC(S(=O)(=O)CC)C1. The number of aryl methyl sites for hydroxylation is 1. The van der Waals surface area contributed by atoms with E-state index in [1.54, 1.807) is 11.8 Å². The van der Waals surface area contributed by atoms with Crippen LogP contribution >= 0.6 is 0 Å². The highest BCUT2D eigenvalue weighted by atomic mass is 32.2. The van der Waals surface area contributed by atoms with Crippen LogP contribution in [0.5, 0.6) is 5.75 Å². The van der Waals surface area contributed by atoms with Crippen LogP contribution in [-0.4, -0.2) is 49.9 Å².